The highest BCUT2D eigenvalue weighted by Crippen LogP contribution is 2.65. The summed E-state index contributed by atoms with van der Waals surface area (Å²) in [7, 11) is 0. The van der Waals surface area contributed by atoms with Crippen LogP contribution >= 0.6 is 0 Å². The molecule has 0 heterocycles. The maximum atomic E-state index is 13.9. The number of nitrogens with one attached hydrogen (secondary N) is 1. The Labute approximate surface area is 214 Å². The number of ketones is 3. The molecule has 0 bridgehead atoms. The predicted molar refractivity (Wildman–Crippen MR) is 134 cm³/mol. The van der Waals surface area contributed by atoms with Gasteiger partial charge in [0.2, 0.25) is 11.7 Å². The van der Waals surface area contributed by atoms with E-state index in [1.807, 2.05) is 0 Å². The zero-order chi connectivity index (χ0) is 27.8. The SMILES string of the molecule is CCC(=O)Nc1ccc2c(c1O)C(=O)C1=C(O)[C@@]3(O)C(=O)C(C(C)=O)=C(O)C(C(C)C)[C@@]3(C)C[C@@]1(C)C2. The number of rotatable bonds is 4. The number of carbonyl (C=O) groups is 4. The molecule has 0 radical (unpaired) electrons. The van der Waals surface area contributed by atoms with Crippen molar-refractivity contribution >= 4 is 28.9 Å². The van der Waals surface area contributed by atoms with Gasteiger partial charge in [0.1, 0.15) is 17.1 Å². The standard InChI is InChI=1S/C28H33NO8/c1-7-16(31)29-15-9-8-14-10-26(5)11-27(6)19(12(2)3)22(33)17(13(4)30)24(35)28(27,37)25(36)20(26)23(34)18(14)21(15)32/h8-9,12,19,32-33,36-37H,7,10-11H2,1-6H3,(H,29,31)/t19?,26-,27-,28+/m1/s1. The molecule has 3 aliphatic rings. The van der Waals surface area contributed by atoms with E-state index in [9.17, 15) is 39.6 Å². The van der Waals surface area contributed by atoms with E-state index >= 15 is 0 Å². The van der Waals surface area contributed by atoms with Gasteiger partial charge in [0, 0.05) is 28.7 Å². The van der Waals surface area contributed by atoms with Gasteiger partial charge < -0.3 is 25.7 Å². The fourth-order valence-electron chi connectivity index (χ4n) is 7.06. The monoisotopic (exact) mass is 511 g/mol. The van der Waals surface area contributed by atoms with Gasteiger partial charge in [-0.05, 0) is 37.3 Å². The van der Waals surface area contributed by atoms with Crippen LogP contribution in [-0.4, -0.2) is 49.3 Å². The van der Waals surface area contributed by atoms with E-state index < -0.39 is 62.5 Å². The van der Waals surface area contributed by atoms with E-state index in [-0.39, 0.29) is 47.9 Å². The van der Waals surface area contributed by atoms with E-state index in [1.54, 1.807) is 40.7 Å². The van der Waals surface area contributed by atoms with E-state index in [2.05, 4.69) is 5.32 Å². The molecule has 9 heteroatoms. The van der Waals surface area contributed by atoms with E-state index in [0.29, 0.717) is 5.56 Å². The minimum Gasteiger partial charge on any atom is -0.511 e. The van der Waals surface area contributed by atoms with Crippen LogP contribution in [0.25, 0.3) is 0 Å². The molecule has 4 rings (SSSR count). The largest absolute Gasteiger partial charge is 0.511 e. The molecule has 1 aromatic carbocycles. The molecule has 1 unspecified atom stereocenters. The molecule has 3 aliphatic carbocycles. The Balaban J connectivity index is 2.00. The van der Waals surface area contributed by atoms with E-state index in [1.165, 1.54) is 6.07 Å². The Morgan fingerprint density at radius 2 is 1.76 bits per heavy atom. The van der Waals surface area contributed by atoms with Crippen molar-refractivity contribution in [1.82, 2.24) is 0 Å². The third-order valence-corrected chi connectivity index (χ3v) is 8.47. The van der Waals surface area contributed by atoms with E-state index in [4.69, 9.17) is 0 Å². The van der Waals surface area contributed by atoms with Gasteiger partial charge in [-0.1, -0.05) is 40.7 Å². The molecule has 4 atom stereocenters. The zero-order valence-corrected chi connectivity index (χ0v) is 21.9. The second kappa shape index (κ2) is 8.28. The lowest BCUT2D eigenvalue weighted by Gasteiger charge is -2.59. The number of aromatic hydroxyl groups is 1. The van der Waals surface area contributed by atoms with Crippen LogP contribution in [0.5, 0.6) is 5.75 Å². The van der Waals surface area contributed by atoms with Gasteiger partial charge in [0.05, 0.1) is 11.3 Å². The maximum absolute atomic E-state index is 13.9. The average Bonchev–Trinajstić information content (AvgIpc) is 2.77. The highest BCUT2D eigenvalue weighted by atomic mass is 16.3. The Hall–Kier alpha value is -3.46. The van der Waals surface area contributed by atoms with Crippen molar-refractivity contribution < 1.29 is 39.6 Å². The second-order valence-corrected chi connectivity index (χ2v) is 11.4. The van der Waals surface area contributed by atoms with Crippen LogP contribution in [0.2, 0.25) is 0 Å². The molecule has 37 heavy (non-hydrogen) atoms. The molecule has 1 amide bonds. The molecule has 9 nitrogen and oxygen atoms in total. The van der Waals surface area contributed by atoms with Crippen LogP contribution in [0.3, 0.4) is 0 Å². The van der Waals surface area contributed by atoms with Gasteiger partial charge in [-0.15, -0.1) is 0 Å². The molecule has 1 aromatic rings. The number of phenolic OH excluding ortho intramolecular Hbond substituents is 1. The summed E-state index contributed by atoms with van der Waals surface area (Å²) >= 11 is 0. The number of allylic oxidation sites excluding steroid dienone is 2. The highest BCUT2D eigenvalue weighted by Gasteiger charge is 2.71. The summed E-state index contributed by atoms with van der Waals surface area (Å²) in [5, 5.41) is 48.2. The lowest BCUT2D eigenvalue weighted by atomic mass is 9.44. The summed E-state index contributed by atoms with van der Waals surface area (Å²) in [5.74, 6) is -6.03. The number of benzene rings is 1. The molecule has 0 saturated carbocycles. The highest BCUT2D eigenvalue weighted by molar-refractivity contribution is 6.25. The van der Waals surface area contributed by atoms with Gasteiger partial charge in [0.15, 0.2) is 22.9 Å². The number of anilines is 1. The van der Waals surface area contributed by atoms with Crippen LogP contribution in [0.15, 0.2) is 34.8 Å². The predicted octanol–water partition coefficient (Wildman–Crippen LogP) is 3.70. The molecule has 0 fully saturated rings. The molecule has 5 N–H and O–H groups in total. The third kappa shape index (κ3) is 3.32. The minimum atomic E-state index is -2.65. The van der Waals surface area contributed by atoms with Crippen molar-refractivity contribution in [3.05, 3.63) is 45.9 Å². The second-order valence-electron chi connectivity index (χ2n) is 11.4. The Morgan fingerprint density at radius 3 is 2.30 bits per heavy atom. The summed E-state index contributed by atoms with van der Waals surface area (Å²) < 4.78 is 0. The first-order valence-electron chi connectivity index (χ1n) is 12.4. The number of phenols is 1. The van der Waals surface area contributed by atoms with Gasteiger partial charge in [-0.2, -0.15) is 0 Å². The Morgan fingerprint density at radius 1 is 1.14 bits per heavy atom. The smallest absolute Gasteiger partial charge is 0.224 e. The molecule has 0 saturated heterocycles. The minimum absolute atomic E-state index is 0.0278. The number of fused-ring (bicyclic) bond motifs is 3. The van der Waals surface area contributed by atoms with Gasteiger partial charge in [-0.25, -0.2) is 0 Å². The number of carbonyl (C=O) groups excluding carboxylic acids is 4. The molecular formula is C28H33NO8. The summed E-state index contributed by atoms with van der Waals surface area (Å²) in [4.78, 5) is 51.8. The van der Waals surface area contributed by atoms with Crippen LogP contribution in [0.4, 0.5) is 5.69 Å². The normalized spacial score (nSPS) is 31.2. The fraction of sp³-hybridized carbons (Fsp3) is 0.500. The number of aliphatic hydroxyl groups excluding tert-OH is 2. The van der Waals surface area contributed by atoms with Gasteiger partial charge in [-0.3, -0.25) is 19.2 Å². The van der Waals surface area contributed by atoms with Gasteiger partial charge >= 0.3 is 0 Å². The number of hydrogen-bond donors (Lipinski definition) is 5. The first kappa shape index (κ1) is 26.6. The van der Waals surface area contributed by atoms with Crippen molar-refractivity contribution in [1.29, 1.82) is 0 Å². The van der Waals surface area contributed by atoms with Crippen LogP contribution < -0.4 is 5.32 Å². The van der Waals surface area contributed by atoms with E-state index in [0.717, 1.165) is 6.92 Å². The quantitative estimate of drug-likeness (QED) is 0.302. The summed E-state index contributed by atoms with van der Waals surface area (Å²) in [6.07, 6.45) is 0.357. The Kier molecular flexibility index (Phi) is 5.95. The third-order valence-electron chi connectivity index (χ3n) is 8.47. The molecule has 0 aliphatic heterocycles. The Bertz CT molecular complexity index is 1340. The fourth-order valence-corrected chi connectivity index (χ4v) is 7.06. The average molecular weight is 512 g/mol. The number of Topliss-reactive ketones (excluding diaryl/α,β-unsaturated/α-hetero) is 3. The molecule has 198 valence electrons. The lowest BCUT2D eigenvalue weighted by molar-refractivity contribution is -0.171. The topological polar surface area (TPSA) is 161 Å². The summed E-state index contributed by atoms with van der Waals surface area (Å²) in [5.41, 5.74) is -5.62. The summed E-state index contributed by atoms with van der Waals surface area (Å²) in [6.45, 7) is 9.61. The van der Waals surface area contributed by atoms with Crippen molar-refractivity contribution in [3.63, 3.8) is 0 Å². The van der Waals surface area contributed by atoms with Crippen LogP contribution in [-0.2, 0) is 20.8 Å². The molecule has 0 aromatic heterocycles. The van der Waals surface area contributed by atoms with Gasteiger partial charge in [0.25, 0.3) is 0 Å². The van der Waals surface area contributed by atoms with Crippen molar-refractivity contribution in [2.75, 3.05) is 5.32 Å². The molecule has 0 spiro atoms. The zero-order valence-electron chi connectivity index (χ0n) is 21.9. The maximum Gasteiger partial charge on any atom is 0.224 e. The van der Waals surface area contributed by atoms with Crippen molar-refractivity contribution in [2.45, 2.75) is 66.4 Å². The van der Waals surface area contributed by atoms with Crippen LogP contribution in [0.1, 0.15) is 70.3 Å². The number of amides is 1. The first-order valence-corrected chi connectivity index (χ1v) is 12.4. The van der Waals surface area contributed by atoms with Crippen molar-refractivity contribution in [3.8, 4) is 5.75 Å². The summed E-state index contributed by atoms with van der Waals surface area (Å²) in [6, 6.07) is 3.13. The lowest BCUT2D eigenvalue weighted by Crippen LogP contribution is -2.67. The molecular weight excluding hydrogens is 478 g/mol. The number of hydrogen-bond acceptors (Lipinski definition) is 8. The number of aliphatic hydroxyl groups is 3. The first-order chi connectivity index (χ1) is 17.1. The van der Waals surface area contributed by atoms with Crippen molar-refractivity contribution in [2.24, 2.45) is 22.7 Å². The van der Waals surface area contributed by atoms with Crippen LogP contribution in [0, 0.1) is 22.7 Å².